The first-order chi connectivity index (χ1) is 14.2. The van der Waals surface area contributed by atoms with Crippen molar-refractivity contribution in [1.82, 2.24) is 0 Å². The topological polar surface area (TPSA) is 129 Å². The van der Waals surface area contributed by atoms with E-state index in [1.165, 1.54) is 21.0 Å². The zero-order valence-corrected chi connectivity index (χ0v) is 17.0. The summed E-state index contributed by atoms with van der Waals surface area (Å²) in [7, 11) is 1.25. The minimum absolute atomic E-state index is 0.177. The maximum atomic E-state index is 12.5. The summed E-state index contributed by atoms with van der Waals surface area (Å²) in [5, 5.41) is 22.9. The van der Waals surface area contributed by atoms with E-state index < -0.39 is 11.9 Å². The average Bonchev–Trinajstić information content (AvgIpc) is 2.68. The zero-order chi connectivity index (χ0) is 22.3. The highest BCUT2D eigenvalue weighted by atomic mass is 16.5. The van der Waals surface area contributed by atoms with Crippen molar-refractivity contribution in [3.8, 4) is 0 Å². The number of aliphatic hydroxyl groups excluding tert-OH is 1. The van der Waals surface area contributed by atoms with Gasteiger partial charge in [-0.15, -0.1) is 10.2 Å². The Morgan fingerprint density at radius 1 is 0.967 bits per heavy atom. The van der Waals surface area contributed by atoms with E-state index in [-0.39, 0.29) is 28.6 Å². The van der Waals surface area contributed by atoms with Crippen molar-refractivity contribution in [2.75, 3.05) is 17.7 Å². The number of esters is 1. The van der Waals surface area contributed by atoms with Crippen LogP contribution in [0.25, 0.3) is 0 Å². The second kappa shape index (κ2) is 9.97. The summed E-state index contributed by atoms with van der Waals surface area (Å²) < 4.78 is 4.72. The molecule has 3 N–H and O–H groups in total. The number of anilines is 2. The molecule has 0 heterocycles. The van der Waals surface area contributed by atoms with Gasteiger partial charge in [-0.2, -0.15) is 0 Å². The van der Waals surface area contributed by atoms with Gasteiger partial charge in [-0.1, -0.05) is 6.07 Å². The fraction of sp³-hybridized carbons (Fsp3) is 0.190. The minimum atomic E-state index is -0.696. The molecule has 0 unspecified atom stereocenters. The van der Waals surface area contributed by atoms with Crippen molar-refractivity contribution in [3.63, 3.8) is 0 Å². The highest BCUT2D eigenvalue weighted by molar-refractivity contribution is 6.04. The third-order valence-electron chi connectivity index (χ3n) is 3.84. The number of aliphatic hydroxyl groups is 1. The summed E-state index contributed by atoms with van der Waals surface area (Å²) in [6, 6.07) is 11.3. The van der Waals surface area contributed by atoms with Gasteiger partial charge in [0.25, 0.3) is 5.91 Å². The molecule has 0 aromatic heterocycles. The molecule has 0 saturated carbocycles. The molecule has 0 spiro atoms. The molecular weight excluding hydrogens is 388 g/mol. The number of nitrogens with one attached hydrogen (secondary N) is 2. The summed E-state index contributed by atoms with van der Waals surface area (Å²) >= 11 is 0. The number of carbonyl (C=O) groups excluding carboxylic acids is 3. The molecule has 0 aliphatic heterocycles. The van der Waals surface area contributed by atoms with E-state index in [2.05, 4.69) is 20.9 Å². The maximum Gasteiger partial charge on any atom is 0.340 e. The number of rotatable bonds is 6. The molecule has 156 valence electrons. The largest absolute Gasteiger partial charge is 0.510 e. The number of amides is 2. The first-order valence-corrected chi connectivity index (χ1v) is 8.90. The Morgan fingerprint density at radius 3 is 2.10 bits per heavy atom. The van der Waals surface area contributed by atoms with Gasteiger partial charge in [0, 0.05) is 18.3 Å². The Kier molecular flexibility index (Phi) is 7.40. The second-order valence-corrected chi connectivity index (χ2v) is 6.36. The number of benzene rings is 2. The van der Waals surface area contributed by atoms with Crippen LogP contribution in [0.4, 0.5) is 17.1 Å². The van der Waals surface area contributed by atoms with Gasteiger partial charge in [-0.05, 0) is 55.8 Å². The van der Waals surface area contributed by atoms with Crippen LogP contribution in [0.3, 0.4) is 0 Å². The summed E-state index contributed by atoms with van der Waals surface area (Å²) in [6.45, 7) is 4.50. The number of azo groups is 1. The van der Waals surface area contributed by atoms with Crippen LogP contribution in [-0.2, 0) is 14.3 Å². The molecule has 2 amide bonds. The summed E-state index contributed by atoms with van der Waals surface area (Å²) in [5.74, 6) is -1.86. The fourth-order valence-electron chi connectivity index (χ4n) is 2.42. The lowest BCUT2D eigenvalue weighted by Gasteiger charge is -2.08. The molecule has 2 rings (SSSR count). The average molecular weight is 410 g/mol. The molecule has 0 fully saturated rings. The van der Waals surface area contributed by atoms with Gasteiger partial charge >= 0.3 is 5.97 Å². The SMILES string of the molecule is COC(=O)c1ccc(C)cc1N=N/C(C(=O)Nc1ccc(NC(C)=O)cc1)=C(\C)O. The third-order valence-corrected chi connectivity index (χ3v) is 3.84. The van der Waals surface area contributed by atoms with Crippen LogP contribution in [0.1, 0.15) is 29.8 Å². The summed E-state index contributed by atoms with van der Waals surface area (Å²) in [5.41, 5.74) is 1.88. The standard InChI is InChI=1S/C21H22N4O5/c1-12-5-10-17(21(29)30-4)18(11-12)24-25-19(13(2)26)20(28)23-16-8-6-15(7-9-16)22-14(3)27/h5-11,26H,1-4H3,(H,22,27)(H,23,28)/b19-13+,25-24?. The third kappa shape index (κ3) is 5.99. The van der Waals surface area contributed by atoms with Crippen LogP contribution in [0.2, 0.25) is 0 Å². The number of carbonyl (C=O) groups is 3. The molecule has 2 aromatic carbocycles. The van der Waals surface area contributed by atoms with Crippen molar-refractivity contribution in [2.45, 2.75) is 20.8 Å². The highest BCUT2D eigenvalue weighted by Crippen LogP contribution is 2.24. The van der Waals surface area contributed by atoms with E-state index in [0.29, 0.717) is 11.4 Å². The Balaban J connectivity index is 2.24. The van der Waals surface area contributed by atoms with E-state index in [4.69, 9.17) is 4.74 Å². The van der Waals surface area contributed by atoms with Crippen molar-refractivity contribution in [1.29, 1.82) is 0 Å². The highest BCUT2D eigenvalue weighted by Gasteiger charge is 2.16. The smallest absolute Gasteiger partial charge is 0.340 e. The van der Waals surface area contributed by atoms with Gasteiger partial charge in [0.05, 0.1) is 12.7 Å². The fourth-order valence-corrected chi connectivity index (χ4v) is 2.42. The van der Waals surface area contributed by atoms with Gasteiger partial charge in [-0.3, -0.25) is 9.59 Å². The van der Waals surface area contributed by atoms with Gasteiger partial charge < -0.3 is 20.5 Å². The van der Waals surface area contributed by atoms with Crippen LogP contribution in [0, 0.1) is 6.92 Å². The predicted octanol–water partition coefficient (Wildman–Crippen LogP) is 4.25. The summed E-state index contributed by atoms with van der Waals surface area (Å²) in [4.78, 5) is 35.5. The number of ether oxygens (including phenoxy) is 1. The van der Waals surface area contributed by atoms with Gasteiger partial charge in [-0.25, -0.2) is 4.79 Å². The Morgan fingerprint density at radius 2 is 1.57 bits per heavy atom. The maximum absolute atomic E-state index is 12.5. The molecule has 0 bridgehead atoms. The van der Waals surface area contributed by atoms with Gasteiger partial charge in [0.2, 0.25) is 5.91 Å². The van der Waals surface area contributed by atoms with Gasteiger partial charge in [0.1, 0.15) is 11.4 Å². The first-order valence-electron chi connectivity index (χ1n) is 8.90. The molecular formula is C21H22N4O5. The lowest BCUT2D eigenvalue weighted by atomic mass is 10.1. The molecule has 9 heteroatoms. The van der Waals surface area contributed by atoms with Crippen molar-refractivity contribution >= 4 is 34.8 Å². The van der Waals surface area contributed by atoms with Crippen molar-refractivity contribution in [3.05, 3.63) is 65.0 Å². The zero-order valence-electron chi connectivity index (χ0n) is 17.0. The van der Waals surface area contributed by atoms with E-state index in [9.17, 15) is 19.5 Å². The van der Waals surface area contributed by atoms with Crippen LogP contribution in [-0.4, -0.2) is 30.0 Å². The van der Waals surface area contributed by atoms with Gasteiger partial charge in [0.15, 0.2) is 5.70 Å². The Hall–Kier alpha value is -4.01. The quantitative estimate of drug-likeness (QED) is 0.284. The normalized spacial score (nSPS) is 11.6. The Bertz CT molecular complexity index is 1020. The molecule has 9 nitrogen and oxygen atoms in total. The van der Waals surface area contributed by atoms with Crippen LogP contribution in [0.5, 0.6) is 0 Å². The first kappa shape index (κ1) is 22.3. The molecule has 0 aliphatic carbocycles. The lowest BCUT2D eigenvalue weighted by Crippen LogP contribution is -2.14. The molecule has 0 radical (unpaired) electrons. The summed E-state index contributed by atoms with van der Waals surface area (Å²) in [6.07, 6.45) is 0. The minimum Gasteiger partial charge on any atom is -0.510 e. The van der Waals surface area contributed by atoms with Crippen LogP contribution >= 0.6 is 0 Å². The second-order valence-electron chi connectivity index (χ2n) is 6.36. The van der Waals surface area contributed by atoms with E-state index in [0.717, 1.165) is 5.56 Å². The molecule has 0 atom stereocenters. The Labute approximate surface area is 173 Å². The number of nitrogens with zero attached hydrogens (tertiary/aromatic N) is 2. The molecule has 30 heavy (non-hydrogen) atoms. The van der Waals surface area contributed by atoms with E-state index >= 15 is 0 Å². The number of hydrogen-bond donors (Lipinski definition) is 3. The van der Waals surface area contributed by atoms with Crippen LogP contribution in [0.15, 0.2) is 64.1 Å². The molecule has 0 saturated heterocycles. The number of methoxy groups -OCH3 is 1. The number of hydrogen-bond acceptors (Lipinski definition) is 7. The number of allylic oxidation sites excluding steroid dienone is 1. The van der Waals surface area contributed by atoms with Crippen LogP contribution < -0.4 is 10.6 Å². The lowest BCUT2D eigenvalue weighted by molar-refractivity contribution is -0.114. The molecule has 0 aliphatic rings. The van der Waals surface area contributed by atoms with E-state index in [1.807, 2.05) is 6.92 Å². The molecule has 2 aromatic rings. The van der Waals surface area contributed by atoms with Crippen molar-refractivity contribution in [2.24, 2.45) is 10.2 Å². The monoisotopic (exact) mass is 410 g/mol. The van der Waals surface area contributed by atoms with Crippen molar-refractivity contribution < 1.29 is 24.2 Å². The van der Waals surface area contributed by atoms with E-state index in [1.54, 1.807) is 42.5 Å². The predicted molar refractivity (Wildman–Crippen MR) is 112 cm³/mol. The number of aryl methyl sites for hydroxylation is 1.